The molecule has 1 aliphatic heterocycles. The van der Waals surface area contributed by atoms with E-state index in [0.717, 1.165) is 17.9 Å². The van der Waals surface area contributed by atoms with Crippen molar-refractivity contribution in [2.45, 2.75) is 45.6 Å². The van der Waals surface area contributed by atoms with Crippen molar-refractivity contribution in [2.75, 3.05) is 6.79 Å². The Morgan fingerprint density at radius 1 is 1.24 bits per heavy atom. The topological polar surface area (TPSA) is 44.5 Å². The van der Waals surface area contributed by atoms with E-state index in [9.17, 15) is 0 Å². The zero-order valence-electron chi connectivity index (χ0n) is 11.0. The highest BCUT2D eigenvalue weighted by atomic mass is 16.7. The van der Waals surface area contributed by atoms with Gasteiger partial charge in [-0.05, 0) is 49.4 Å². The average Bonchev–Trinajstić information content (AvgIpc) is 2.60. The second-order valence-corrected chi connectivity index (χ2v) is 5.72. The first-order valence-electron chi connectivity index (χ1n) is 6.08. The summed E-state index contributed by atoms with van der Waals surface area (Å²) in [6, 6.07) is 4.17. The SMILES string of the molecule is CC(C)c1cc2c(cc1CC(C)(C)N)OCO2. The summed E-state index contributed by atoms with van der Waals surface area (Å²) < 4.78 is 10.8. The van der Waals surface area contributed by atoms with Crippen molar-refractivity contribution in [3.63, 3.8) is 0 Å². The van der Waals surface area contributed by atoms with Crippen molar-refractivity contribution in [2.24, 2.45) is 5.73 Å². The summed E-state index contributed by atoms with van der Waals surface area (Å²) in [5.74, 6) is 2.16. The van der Waals surface area contributed by atoms with E-state index < -0.39 is 0 Å². The molecule has 0 atom stereocenters. The Bertz CT molecular complexity index is 419. The van der Waals surface area contributed by atoms with Gasteiger partial charge in [-0.15, -0.1) is 0 Å². The molecule has 2 rings (SSSR count). The molecule has 2 N–H and O–H groups in total. The lowest BCUT2D eigenvalue weighted by Gasteiger charge is -2.22. The van der Waals surface area contributed by atoms with Crippen LogP contribution in [0.1, 0.15) is 44.7 Å². The number of hydrogen-bond donors (Lipinski definition) is 1. The number of ether oxygens (including phenoxy) is 2. The molecule has 1 aromatic carbocycles. The van der Waals surface area contributed by atoms with E-state index in [1.807, 2.05) is 13.8 Å². The van der Waals surface area contributed by atoms with E-state index in [2.05, 4.69) is 26.0 Å². The molecule has 0 amide bonds. The van der Waals surface area contributed by atoms with Crippen molar-refractivity contribution in [1.82, 2.24) is 0 Å². The molecule has 1 aliphatic rings. The van der Waals surface area contributed by atoms with Gasteiger partial charge in [0.15, 0.2) is 11.5 Å². The third-order valence-corrected chi connectivity index (χ3v) is 2.90. The number of benzene rings is 1. The molecule has 0 aromatic heterocycles. The zero-order chi connectivity index (χ0) is 12.6. The van der Waals surface area contributed by atoms with Crippen molar-refractivity contribution >= 4 is 0 Å². The molecule has 1 heterocycles. The van der Waals surface area contributed by atoms with Gasteiger partial charge >= 0.3 is 0 Å². The first kappa shape index (κ1) is 12.2. The average molecular weight is 235 g/mol. The number of fused-ring (bicyclic) bond motifs is 1. The first-order chi connectivity index (χ1) is 7.87. The van der Waals surface area contributed by atoms with E-state index in [-0.39, 0.29) is 5.54 Å². The third-order valence-electron chi connectivity index (χ3n) is 2.90. The fourth-order valence-corrected chi connectivity index (χ4v) is 2.18. The Hall–Kier alpha value is -1.22. The van der Waals surface area contributed by atoms with Crippen LogP contribution in [0.15, 0.2) is 12.1 Å². The van der Waals surface area contributed by atoms with Crippen LogP contribution in [0.5, 0.6) is 11.5 Å². The standard InChI is InChI=1S/C14H21NO2/c1-9(2)11-6-13-12(16-8-17-13)5-10(11)7-14(3,4)15/h5-6,9H,7-8,15H2,1-4H3. The van der Waals surface area contributed by atoms with E-state index in [4.69, 9.17) is 15.2 Å². The lowest BCUT2D eigenvalue weighted by molar-refractivity contribution is 0.174. The second-order valence-electron chi connectivity index (χ2n) is 5.72. The summed E-state index contributed by atoms with van der Waals surface area (Å²) in [5, 5.41) is 0. The van der Waals surface area contributed by atoms with E-state index in [0.29, 0.717) is 12.7 Å². The summed E-state index contributed by atoms with van der Waals surface area (Å²) >= 11 is 0. The molecular formula is C14H21NO2. The molecule has 0 aliphatic carbocycles. The Morgan fingerprint density at radius 3 is 2.35 bits per heavy atom. The predicted molar refractivity (Wildman–Crippen MR) is 68.6 cm³/mol. The van der Waals surface area contributed by atoms with Crippen LogP contribution in [0.2, 0.25) is 0 Å². The molecule has 3 nitrogen and oxygen atoms in total. The van der Waals surface area contributed by atoms with Crippen molar-refractivity contribution in [3.05, 3.63) is 23.3 Å². The first-order valence-corrected chi connectivity index (χ1v) is 6.08. The van der Waals surface area contributed by atoms with Gasteiger partial charge in [-0.3, -0.25) is 0 Å². The highest BCUT2D eigenvalue weighted by Gasteiger charge is 2.21. The smallest absolute Gasteiger partial charge is 0.231 e. The van der Waals surface area contributed by atoms with Crippen LogP contribution in [-0.4, -0.2) is 12.3 Å². The number of rotatable bonds is 3. The maximum Gasteiger partial charge on any atom is 0.231 e. The summed E-state index contributed by atoms with van der Waals surface area (Å²) in [7, 11) is 0. The highest BCUT2D eigenvalue weighted by Crippen LogP contribution is 2.38. The summed E-state index contributed by atoms with van der Waals surface area (Å²) in [5.41, 5.74) is 8.46. The third kappa shape index (κ3) is 2.72. The molecule has 0 unspecified atom stereocenters. The molecule has 0 bridgehead atoms. The molecule has 17 heavy (non-hydrogen) atoms. The van der Waals surface area contributed by atoms with E-state index in [1.54, 1.807) is 0 Å². The largest absolute Gasteiger partial charge is 0.454 e. The second kappa shape index (κ2) is 4.22. The van der Waals surface area contributed by atoms with Gasteiger partial charge in [0.2, 0.25) is 6.79 Å². The Balaban J connectivity index is 2.42. The molecule has 0 radical (unpaired) electrons. The van der Waals surface area contributed by atoms with Gasteiger partial charge < -0.3 is 15.2 Å². The van der Waals surface area contributed by atoms with Crippen LogP contribution in [-0.2, 0) is 6.42 Å². The fourth-order valence-electron chi connectivity index (χ4n) is 2.18. The van der Waals surface area contributed by atoms with Gasteiger partial charge in [-0.1, -0.05) is 13.8 Å². The highest BCUT2D eigenvalue weighted by molar-refractivity contribution is 5.50. The van der Waals surface area contributed by atoms with Gasteiger partial charge in [0.25, 0.3) is 0 Å². The Morgan fingerprint density at radius 2 is 1.82 bits per heavy atom. The molecule has 94 valence electrons. The van der Waals surface area contributed by atoms with Gasteiger partial charge in [0.1, 0.15) is 0 Å². The van der Waals surface area contributed by atoms with Crippen molar-refractivity contribution < 1.29 is 9.47 Å². The van der Waals surface area contributed by atoms with Gasteiger partial charge in [-0.2, -0.15) is 0 Å². The molecule has 0 saturated carbocycles. The fraction of sp³-hybridized carbons (Fsp3) is 0.571. The summed E-state index contributed by atoms with van der Waals surface area (Å²) in [6.07, 6.45) is 0.844. The quantitative estimate of drug-likeness (QED) is 0.876. The monoisotopic (exact) mass is 235 g/mol. The van der Waals surface area contributed by atoms with E-state index >= 15 is 0 Å². The Labute approximate surface area is 103 Å². The van der Waals surface area contributed by atoms with Crippen molar-refractivity contribution in [1.29, 1.82) is 0 Å². The summed E-state index contributed by atoms with van der Waals surface area (Å²) in [4.78, 5) is 0. The van der Waals surface area contributed by atoms with Gasteiger partial charge in [0.05, 0.1) is 0 Å². The molecule has 0 spiro atoms. The van der Waals surface area contributed by atoms with Crippen LogP contribution in [0, 0.1) is 0 Å². The van der Waals surface area contributed by atoms with Crippen LogP contribution < -0.4 is 15.2 Å². The maximum absolute atomic E-state index is 6.11. The summed E-state index contributed by atoms with van der Waals surface area (Å²) in [6.45, 7) is 8.78. The van der Waals surface area contributed by atoms with Crippen LogP contribution >= 0.6 is 0 Å². The molecule has 3 heteroatoms. The number of nitrogens with two attached hydrogens (primary N) is 1. The van der Waals surface area contributed by atoms with Crippen LogP contribution in [0.3, 0.4) is 0 Å². The lowest BCUT2D eigenvalue weighted by Crippen LogP contribution is -2.34. The molecule has 1 aromatic rings. The lowest BCUT2D eigenvalue weighted by atomic mass is 9.88. The number of hydrogen-bond acceptors (Lipinski definition) is 3. The zero-order valence-corrected chi connectivity index (χ0v) is 11.0. The minimum absolute atomic E-state index is 0.211. The van der Waals surface area contributed by atoms with Crippen molar-refractivity contribution in [3.8, 4) is 11.5 Å². The predicted octanol–water partition coefficient (Wildman–Crippen LogP) is 2.82. The molecule has 0 saturated heterocycles. The van der Waals surface area contributed by atoms with Gasteiger partial charge in [0, 0.05) is 5.54 Å². The minimum Gasteiger partial charge on any atom is -0.454 e. The molecule has 0 fully saturated rings. The van der Waals surface area contributed by atoms with Crippen LogP contribution in [0.4, 0.5) is 0 Å². The minimum atomic E-state index is -0.211. The normalized spacial score (nSPS) is 14.5. The molecular weight excluding hydrogens is 214 g/mol. The van der Waals surface area contributed by atoms with E-state index in [1.165, 1.54) is 11.1 Å². The maximum atomic E-state index is 6.11. The van der Waals surface area contributed by atoms with Crippen LogP contribution in [0.25, 0.3) is 0 Å². The Kier molecular flexibility index (Phi) is 3.04. The van der Waals surface area contributed by atoms with Gasteiger partial charge in [-0.25, -0.2) is 0 Å².